The van der Waals surface area contributed by atoms with Crippen LogP contribution in [0, 0.1) is 0 Å². The molecule has 0 unspecified atom stereocenters. The van der Waals surface area contributed by atoms with Crippen molar-refractivity contribution < 1.29 is 18.4 Å². The van der Waals surface area contributed by atoms with Crippen molar-refractivity contribution in [3.05, 3.63) is 69.9 Å². The third kappa shape index (κ3) is 4.33. The highest BCUT2D eigenvalue weighted by Crippen LogP contribution is 2.30. The van der Waals surface area contributed by atoms with Crippen LogP contribution < -0.4 is 10.2 Å². The van der Waals surface area contributed by atoms with Gasteiger partial charge in [-0.05, 0) is 58.4 Å². The van der Waals surface area contributed by atoms with Gasteiger partial charge in [-0.25, -0.2) is 0 Å². The first-order valence-corrected chi connectivity index (χ1v) is 10.1. The summed E-state index contributed by atoms with van der Waals surface area (Å²) in [6.45, 7) is 2.44. The number of rotatable bonds is 4. The van der Waals surface area contributed by atoms with E-state index in [0.717, 1.165) is 5.69 Å². The summed E-state index contributed by atoms with van der Waals surface area (Å²) in [7, 11) is 0. The summed E-state index contributed by atoms with van der Waals surface area (Å²) in [6, 6.07) is 12.0. The predicted molar refractivity (Wildman–Crippen MR) is 113 cm³/mol. The van der Waals surface area contributed by atoms with Gasteiger partial charge in [-0.1, -0.05) is 11.6 Å². The Kier molecular flexibility index (Phi) is 5.64. The van der Waals surface area contributed by atoms with Crippen LogP contribution in [0.5, 0.6) is 0 Å². The Morgan fingerprint density at radius 1 is 1.03 bits per heavy atom. The lowest BCUT2D eigenvalue weighted by molar-refractivity contribution is 0.0714. The second-order valence-corrected chi connectivity index (χ2v) is 7.67. The topological polar surface area (TPSA) is 78.9 Å². The van der Waals surface area contributed by atoms with Crippen molar-refractivity contribution in [3.8, 4) is 0 Å². The van der Waals surface area contributed by atoms with Gasteiger partial charge < -0.3 is 24.0 Å². The minimum absolute atomic E-state index is 0.108. The molecule has 1 saturated heterocycles. The molecular formula is C20H17BrClN3O4. The Hall–Kier alpha value is -2.71. The van der Waals surface area contributed by atoms with Crippen molar-refractivity contribution in [1.29, 1.82) is 0 Å². The fraction of sp³-hybridized carbons (Fsp3) is 0.200. The van der Waals surface area contributed by atoms with E-state index >= 15 is 0 Å². The van der Waals surface area contributed by atoms with Gasteiger partial charge in [-0.2, -0.15) is 0 Å². The average molecular weight is 479 g/mol. The zero-order chi connectivity index (χ0) is 20.4. The highest BCUT2D eigenvalue weighted by atomic mass is 79.9. The number of piperazine rings is 1. The lowest BCUT2D eigenvalue weighted by Crippen LogP contribution is -2.48. The molecule has 150 valence electrons. The molecule has 1 aliphatic heterocycles. The summed E-state index contributed by atoms with van der Waals surface area (Å²) in [4.78, 5) is 28.4. The number of anilines is 2. The SMILES string of the molecule is O=C(Nc1ccc(N2CCN(C(=O)c3ccco3)CC2)c(Cl)c1)c1ccc(Br)o1. The number of carbonyl (C=O) groups excluding carboxylic acids is 2. The van der Waals surface area contributed by atoms with E-state index in [1.807, 2.05) is 6.07 Å². The number of amides is 2. The van der Waals surface area contributed by atoms with Crippen LogP contribution in [0.1, 0.15) is 21.1 Å². The quantitative estimate of drug-likeness (QED) is 0.597. The maximum atomic E-state index is 12.4. The Balaban J connectivity index is 1.38. The van der Waals surface area contributed by atoms with E-state index in [1.165, 1.54) is 6.26 Å². The van der Waals surface area contributed by atoms with Crippen LogP contribution in [0.2, 0.25) is 5.02 Å². The number of nitrogens with one attached hydrogen (secondary N) is 1. The molecule has 29 heavy (non-hydrogen) atoms. The number of carbonyl (C=O) groups is 2. The molecule has 0 bridgehead atoms. The summed E-state index contributed by atoms with van der Waals surface area (Å²) < 4.78 is 10.9. The van der Waals surface area contributed by atoms with Crippen LogP contribution in [-0.4, -0.2) is 42.9 Å². The number of nitrogens with zero attached hydrogens (tertiary/aromatic N) is 2. The lowest BCUT2D eigenvalue weighted by atomic mass is 10.2. The Bertz CT molecular complexity index is 1030. The number of halogens is 2. The second kappa shape index (κ2) is 8.34. The third-order valence-electron chi connectivity index (χ3n) is 4.64. The zero-order valence-electron chi connectivity index (χ0n) is 15.2. The van der Waals surface area contributed by atoms with Crippen molar-refractivity contribution in [1.82, 2.24) is 4.90 Å². The molecule has 1 fully saturated rings. The lowest BCUT2D eigenvalue weighted by Gasteiger charge is -2.36. The predicted octanol–water partition coefficient (Wildman–Crippen LogP) is 4.50. The summed E-state index contributed by atoms with van der Waals surface area (Å²) >= 11 is 9.63. The summed E-state index contributed by atoms with van der Waals surface area (Å²) in [5.41, 5.74) is 1.43. The van der Waals surface area contributed by atoms with Gasteiger partial charge >= 0.3 is 0 Å². The molecule has 7 nitrogen and oxygen atoms in total. The largest absolute Gasteiger partial charge is 0.459 e. The standard InChI is InChI=1S/C20H17BrClN3O4/c21-18-6-5-16(29-18)19(26)23-13-3-4-15(14(22)12-13)24-7-9-25(10-8-24)20(27)17-2-1-11-28-17/h1-6,11-12H,7-10H2,(H,23,26). The minimum atomic E-state index is -0.357. The van der Waals surface area contributed by atoms with Gasteiger partial charge in [0.1, 0.15) is 0 Å². The first kappa shape index (κ1) is 19.6. The summed E-state index contributed by atoms with van der Waals surface area (Å²) in [5.74, 6) is 0.0857. The zero-order valence-corrected chi connectivity index (χ0v) is 17.6. The van der Waals surface area contributed by atoms with Crippen LogP contribution >= 0.6 is 27.5 Å². The highest BCUT2D eigenvalue weighted by Gasteiger charge is 2.24. The fourth-order valence-electron chi connectivity index (χ4n) is 3.18. The average Bonchev–Trinajstić information content (AvgIpc) is 3.40. The molecule has 9 heteroatoms. The van der Waals surface area contributed by atoms with E-state index in [-0.39, 0.29) is 17.6 Å². The van der Waals surface area contributed by atoms with Gasteiger partial charge in [-0.3, -0.25) is 9.59 Å². The van der Waals surface area contributed by atoms with E-state index in [2.05, 4.69) is 26.1 Å². The van der Waals surface area contributed by atoms with Crippen molar-refractivity contribution >= 4 is 50.7 Å². The van der Waals surface area contributed by atoms with Crippen molar-refractivity contribution in [2.24, 2.45) is 0 Å². The second-order valence-electron chi connectivity index (χ2n) is 6.48. The maximum absolute atomic E-state index is 12.4. The van der Waals surface area contributed by atoms with Gasteiger partial charge in [0, 0.05) is 31.9 Å². The first-order chi connectivity index (χ1) is 14.0. The van der Waals surface area contributed by atoms with Gasteiger partial charge in [0.15, 0.2) is 16.2 Å². The van der Waals surface area contributed by atoms with Crippen molar-refractivity contribution in [2.45, 2.75) is 0 Å². The van der Waals surface area contributed by atoms with Gasteiger partial charge in [0.25, 0.3) is 11.8 Å². The molecule has 2 aromatic heterocycles. The Morgan fingerprint density at radius 2 is 1.83 bits per heavy atom. The Labute approximate surface area is 180 Å². The monoisotopic (exact) mass is 477 g/mol. The molecule has 1 aliphatic rings. The molecular weight excluding hydrogens is 462 g/mol. The molecule has 0 spiro atoms. The van der Waals surface area contributed by atoms with Crippen LogP contribution in [0.3, 0.4) is 0 Å². The van der Waals surface area contributed by atoms with Crippen molar-refractivity contribution in [2.75, 3.05) is 36.4 Å². The van der Waals surface area contributed by atoms with E-state index in [0.29, 0.717) is 47.3 Å². The Morgan fingerprint density at radius 3 is 2.45 bits per heavy atom. The van der Waals surface area contributed by atoms with Crippen LogP contribution in [0.15, 0.2) is 62.2 Å². The van der Waals surface area contributed by atoms with Gasteiger partial charge in [0.05, 0.1) is 17.0 Å². The van der Waals surface area contributed by atoms with E-state index in [1.54, 1.807) is 41.3 Å². The van der Waals surface area contributed by atoms with E-state index in [9.17, 15) is 9.59 Å². The maximum Gasteiger partial charge on any atom is 0.291 e. The molecule has 0 aliphatic carbocycles. The normalized spacial score (nSPS) is 14.1. The summed E-state index contributed by atoms with van der Waals surface area (Å²) in [5, 5.41) is 3.28. The molecule has 1 N–H and O–H groups in total. The number of hydrogen-bond acceptors (Lipinski definition) is 5. The molecule has 3 aromatic rings. The van der Waals surface area contributed by atoms with Crippen LogP contribution in [-0.2, 0) is 0 Å². The molecule has 3 heterocycles. The molecule has 1 aromatic carbocycles. The molecule has 0 saturated carbocycles. The number of furan rings is 2. The molecule has 0 radical (unpaired) electrons. The third-order valence-corrected chi connectivity index (χ3v) is 5.37. The molecule has 2 amide bonds. The van der Waals surface area contributed by atoms with Gasteiger partial charge in [0.2, 0.25) is 0 Å². The molecule has 0 atom stereocenters. The first-order valence-electron chi connectivity index (χ1n) is 8.95. The van der Waals surface area contributed by atoms with Crippen molar-refractivity contribution in [3.63, 3.8) is 0 Å². The number of benzene rings is 1. The van der Waals surface area contributed by atoms with Crippen LogP contribution in [0.4, 0.5) is 11.4 Å². The summed E-state index contributed by atoms with van der Waals surface area (Å²) in [6.07, 6.45) is 1.49. The van der Waals surface area contributed by atoms with E-state index in [4.69, 9.17) is 20.4 Å². The highest BCUT2D eigenvalue weighted by molar-refractivity contribution is 9.10. The van der Waals surface area contributed by atoms with Crippen LogP contribution in [0.25, 0.3) is 0 Å². The minimum Gasteiger partial charge on any atom is -0.459 e. The van der Waals surface area contributed by atoms with E-state index < -0.39 is 0 Å². The molecule has 4 rings (SSSR count). The van der Waals surface area contributed by atoms with Gasteiger partial charge in [-0.15, -0.1) is 0 Å². The number of hydrogen-bond donors (Lipinski definition) is 1. The fourth-order valence-corrected chi connectivity index (χ4v) is 3.78. The smallest absolute Gasteiger partial charge is 0.291 e.